The lowest BCUT2D eigenvalue weighted by Gasteiger charge is -2.04. The summed E-state index contributed by atoms with van der Waals surface area (Å²) in [4.78, 5) is 0.553. The summed E-state index contributed by atoms with van der Waals surface area (Å²) in [7, 11) is -3.43. The molecule has 0 aromatic heterocycles. The average molecular weight is 261 g/mol. The van der Waals surface area contributed by atoms with Crippen LogP contribution in [0.4, 0.5) is 0 Å². The van der Waals surface area contributed by atoms with Gasteiger partial charge in [-0.25, -0.2) is 8.42 Å². The molecule has 1 radical (unpaired) electrons. The van der Waals surface area contributed by atoms with E-state index in [0.29, 0.717) is 10.5 Å². The molecule has 2 rings (SSSR count). The van der Waals surface area contributed by atoms with Gasteiger partial charge in [-0.3, -0.25) is 0 Å². The minimum Gasteiger partial charge on any atom is -0.219 e. The van der Waals surface area contributed by atoms with Crippen LogP contribution in [-0.4, -0.2) is 13.8 Å². The van der Waals surface area contributed by atoms with Crippen molar-refractivity contribution in [2.45, 2.75) is 9.79 Å². The Labute approximate surface area is 106 Å². The molecule has 2 aromatic rings. The van der Waals surface area contributed by atoms with Crippen molar-refractivity contribution in [1.82, 2.24) is 0 Å². The van der Waals surface area contributed by atoms with Crippen LogP contribution in [0.25, 0.3) is 0 Å². The molecule has 0 bridgehead atoms. The average Bonchev–Trinajstić information content (AvgIpc) is 2.40. The molecule has 0 fully saturated rings. The van der Waals surface area contributed by atoms with Gasteiger partial charge in [0.15, 0.2) is 0 Å². The minimum absolute atomic E-state index is 0.262. The van der Waals surface area contributed by atoms with Crippen LogP contribution in [-0.2, 0) is 9.84 Å². The molecule has 0 heterocycles. The van der Waals surface area contributed by atoms with E-state index in [1.165, 1.54) is 12.1 Å². The van der Waals surface area contributed by atoms with Crippen molar-refractivity contribution < 1.29 is 8.42 Å². The molecule has 17 heavy (non-hydrogen) atoms. The molecule has 2 aromatic carbocycles. The number of sulfone groups is 1. The Kier molecular flexibility index (Phi) is 3.36. The quantitative estimate of drug-likeness (QED) is 0.797. The Hall–Kier alpha value is -1.52. The predicted octanol–water partition coefficient (Wildman–Crippen LogP) is 2.74. The SMILES string of the molecule is O=S(=O)(c1ccccc1)c1ccc([C]=S)cc1. The summed E-state index contributed by atoms with van der Waals surface area (Å²) in [6, 6.07) is 14.7. The molecular formula is C13H9O2S2. The third kappa shape index (κ3) is 2.43. The normalized spacial score (nSPS) is 11.1. The van der Waals surface area contributed by atoms with Gasteiger partial charge in [0, 0.05) is 0 Å². The maximum Gasteiger partial charge on any atom is 0.206 e. The first-order chi connectivity index (χ1) is 8.14. The molecule has 4 heteroatoms. The number of hydrogen-bond acceptors (Lipinski definition) is 3. The number of benzene rings is 2. The Bertz CT molecular complexity index is 614. The maximum atomic E-state index is 12.2. The van der Waals surface area contributed by atoms with E-state index in [1.807, 2.05) is 0 Å². The lowest BCUT2D eigenvalue weighted by atomic mass is 10.2. The number of hydrogen-bond donors (Lipinski definition) is 0. The minimum atomic E-state index is -3.43. The monoisotopic (exact) mass is 261 g/mol. The van der Waals surface area contributed by atoms with Crippen molar-refractivity contribution in [3.8, 4) is 0 Å². The third-order valence-electron chi connectivity index (χ3n) is 2.34. The van der Waals surface area contributed by atoms with Crippen molar-refractivity contribution in [2.24, 2.45) is 0 Å². The fourth-order valence-corrected chi connectivity index (χ4v) is 2.86. The van der Waals surface area contributed by atoms with E-state index >= 15 is 0 Å². The standard InChI is InChI=1S/C13H9O2S2/c14-17(15,12-4-2-1-3-5-12)13-8-6-11(10-16)7-9-13/h1-9H. The highest BCUT2D eigenvalue weighted by Gasteiger charge is 2.16. The van der Waals surface area contributed by atoms with Gasteiger partial charge in [0.25, 0.3) is 0 Å². The summed E-state index contributed by atoms with van der Waals surface area (Å²) < 4.78 is 24.4. The van der Waals surface area contributed by atoms with Gasteiger partial charge in [-0.05, 0) is 29.8 Å². The van der Waals surface area contributed by atoms with Crippen LogP contribution in [0.5, 0.6) is 0 Å². The third-order valence-corrected chi connectivity index (χ3v) is 4.36. The van der Waals surface area contributed by atoms with E-state index in [2.05, 4.69) is 17.6 Å². The molecule has 85 valence electrons. The second kappa shape index (κ2) is 4.77. The fraction of sp³-hybridized carbons (Fsp3) is 0. The van der Waals surface area contributed by atoms with Crippen molar-refractivity contribution in [2.75, 3.05) is 0 Å². The molecule has 0 saturated heterocycles. The van der Waals surface area contributed by atoms with Gasteiger partial charge in [0.05, 0.1) is 15.2 Å². The highest BCUT2D eigenvalue weighted by atomic mass is 32.2. The lowest BCUT2D eigenvalue weighted by Crippen LogP contribution is -2.01. The van der Waals surface area contributed by atoms with Crippen molar-refractivity contribution in [3.05, 3.63) is 60.2 Å². The summed E-state index contributed by atoms with van der Waals surface area (Å²) in [5, 5.41) is 2.53. The Morgan fingerprint density at radius 2 is 1.35 bits per heavy atom. The van der Waals surface area contributed by atoms with Gasteiger partial charge in [-0.15, -0.1) is 0 Å². The molecular weight excluding hydrogens is 252 g/mol. The largest absolute Gasteiger partial charge is 0.219 e. The molecule has 0 aliphatic carbocycles. The zero-order valence-corrected chi connectivity index (χ0v) is 10.5. The van der Waals surface area contributed by atoms with Crippen LogP contribution >= 0.6 is 12.2 Å². The summed E-state index contributed by atoms with van der Waals surface area (Å²) in [5.74, 6) is 0. The zero-order chi connectivity index (χ0) is 12.3. The van der Waals surface area contributed by atoms with Gasteiger partial charge in [0.2, 0.25) is 9.84 Å². The van der Waals surface area contributed by atoms with Crippen LogP contribution in [0.15, 0.2) is 64.4 Å². The van der Waals surface area contributed by atoms with Gasteiger partial charge in [-0.1, -0.05) is 42.5 Å². The van der Waals surface area contributed by atoms with Gasteiger partial charge < -0.3 is 0 Å². The van der Waals surface area contributed by atoms with E-state index in [0.717, 1.165) is 0 Å². The second-order valence-corrected chi connectivity index (χ2v) is 5.60. The summed E-state index contributed by atoms with van der Waals surface area (Å²) >= 11 is 4.65. The van der Waals surface area contributed by atoms with Crippen LogP contribution in [0, 0.1) is 0 Å². The predicted molar refractivity (Wildman–Crippen MR) is 70.0 cm³/mol. The van der Waals surface area contributed by atoms with Crippen molar-refractivity contribution in [3.63, 3.8) is 0 Å². The summed E-state index contributed by atoms with van der Waals surface area (Å²) in [6.45, 7) is 0. The first kappa shape index (κ1) is 12.0. The molecule has 0 aliphatic rings. The van der Waals surface area contributed by atoms with Crippen LogP contribution in [0.1, 0.15) is 5.56 Å². The Balaban J connectivity index is 2.49. The molecule has 0 aliphatic heterocycles. The fourth-order valence-electron chi connectivity index (χ4n) is 1.44. The molecule has 0 saturated carbocycles. The topological polar surface area (TPSA) is 34.1 Å². The number of rotatable bonds is 3. The molecule has 0 unspecified atom stereocenters. The molecule has 0 amide bonds. The summed E-state index contributed by atoms with van der Waals surface area (Å²) in [6.07, 6.45) is 0. The van der Waals surface area contributed by atoms with E-state index in [9.17, 15) is 8.42 Å². The van der Waals surface area contributed by atoms with Gasteiger partial charge >= 0.3 is 0 Å². The van der Waals surface area contributed by atoms with Crippen LogP contribution in [0.3, 0.4) is 0 Å². The smallest absolute Gasteiger partial charge is 0.206 e. The van der Waals surface area contributed by atoms with Crippen molar-refractivity contribution >= 4 is 27.4 Å². The summed E-state index contributed by atoms with van der Waals surface area (Å²) in [5.41, 5.74) is 0.701. The highest BCUT2D eigenvalue weighted by Crippen LogP contribution is 2.20. The van der Waals surface area contributed by atoms with E-state index in [1.54, 1.807) is 42.5 Å². The molecule has 2 nitrogen and oxygen atoms in total. The van der Waals surface area contributed by atoms with Gasteiger partial charge in [-0.2, -0.15) is 0 Å². The van der Waals surface area contributed by atoms with Crippen molar-refractivity contribution in [1.29, 1.82) is 0 Å². The Morgan fingerprint density at radius 1 is 0.824 bits per heavy atom. The Morgan fingerprint density at radius 3 is 1.88 bits per heavy atom. The zero-order valence-electron chi connectivity index (χ0n) is 8.83. The van der Waals surface area contributed by atoms with Gasteiger partial charge in [0.1, 0.15) is 0 Å². The van der Waals surface area contributed by atoms with E-state index < -0.39 is 9.84 Å². The first-order valence-corrected chi connectivity index (χ1v) is 6.82. The van der Waals surface area contributed by atoms with Crippen LogP contribution < -0.4 is 0 Å². The second-order valence-electron chi connectivity index (χ2n) is 3.44. The van der Waals surface area contributed by atoms with E-state index in [4.69, 9.17) is 0 Å². The number of thiocarbonyl (C=S) groups is 1. The lowest BCUT2D eigenvalue weighted by molar-refractivity contribution is 0.596. The first-order valence-electron chi connectivity index (χ1n) is 4.93. The van der Waals surface area contributed by atoms with Crippen LogP contribution in [0.2, 0.25) is 0 Å². The maximum absolute atomic E-state index is 12.2. The molecule has 0 N–H and O–H groups in total. The molecule has 0 spiro atoms. The highest BCUT2D eigenvalue weighted by molar-refractivity contribution is 7.91. The molecule has 0 atom stereocenters. The van der Waals surface area contributed by atoms with E-state index in [-0.39, 0.29) is 4.90 Å².